The fourth-order valence-corrected chi connectivity index (χ4v) is 5.16. The summed E-state index contributed by atoms with van der Waals surface area (Å²) in [4.78, 5) is 43.6. The number of imide groups is 1. The number of nitrogens with zero attached hydrogens (tertiary/aromatic N) is 2. The third-order valence-corrected chi connectivity index (χ3v) is 6.57. The SMILES string of the molecule is O=C(CN1C(=O)C2C3C=CC(C3)C2C1=O)Nc1ccc(-c2nc3ccccc3o2)cc1. The first-order chi connectivity index (χ1) is 15.1. The van der Waals surface area contributed by atoms with Crippen LogP contribution in [-0.2, 0) is 14.4 Å². The van der Waals surface area contributed by atoms with Gasteiger partial charge in [0.25, 0.3) is 0 Å². The molecule has 1 saturated carbocycles. The summed E-state index contributed by atoms with van der Waals surface area (Å²) in [6.45, 7) is -0.253. The Bertz CT molecular complexity index is 1200. The quantitative estimate of drug-likeness (QED) is 0.524. The Balaban J connectivity index is 1.13. The third-order valence-electron chi connectivity index (χ3n) is 6.57. The highest BCUT2D eigenvalue weighted by atomic mass is 16.3. The van der Waals surface area contributed by atoms with E-state index in [0.717, 1.165) is 22.4 Å². The number of fused-ring (bicyclic) bond motifs is 6. The predicted octanol–water partition coefficient (Wildman–Crippen LogP) is 3.24. The Kier molecular flexibility index (Phi) is 3.86. The zero-order valence-corrected chi connectivity index (χ0v) is 16.5. The van der Waals surface area contributed by atoms with Crippen molar-refractivity contribution >= 4 is 34.5 Å². The molecule has 1 saturated heterocycles. The van der Waals surface area contributed by atoms with Crippen molar-refractivity contribution in [3.05, 3.63) is 60.7 Å². The molecule has 7 nitrogen and oxygen atoms in total. The summed E-state index contributed by atoms with van der Waals surface area (Å²) in [5.41, 5.74) is 2.85. The van der Waals surface area contributed by atoms with E-state index in [1.165, 1.54) is 0 Å². The van der Waals surface area contributed by atoms with Crippen LogP contribution in [0.25, 0.3) is 22.6 Å². The van der Waals surface area contributed by atoms with Gasteiger partial charge in [0.2, 0.25) is 23.6 Å². The molecule has 3 aliphatic rings. The average Bonchev–Trinajstić information content (AvgIpc) is 3.54. The molecule has 7 heteroatoms. The largest absolute Gasteiger partial charge is 0.436 e. The number of hydrogen-bond donors (Lipinski definition) is 1. The highest BCUT2D eigenvalue weighted by molar-refractivity contribution is 6.09. The topological polar surface area (TPSA) is 92.5 Å². The van der Waals surface area contributed by atoms with E-state index < -0.39 is 5.91 Å². The Morgan fingerprint density at radius 1 is 1.00 bits per heavy atom. The second-order valence-electron chi connectivity index (χ2n) is 8.37. The van der Waals surface area contributed by atoms with E-state index in [0.29, 0.717) is 17.2 Å². The van der Waals surface area contributed by atoms with Crippen molar-refractivity contribution in [1.29, 1.82) is 0 Å². The number of anilines is 1. The maximum absolute atomic E-state index is 12.7. The van der Waals surface area contributed by atoms with E-state index in [-0.39, 0.29) is 42.0 Å². The van der Waals surface area contributed by atoms with Crippen LogP contribution in [0, 0.1) is 23.7 Å². The van der Waals surface area contributed by atoms with Crippen LogP contribution in [0.3, 0.4) is 0 Å². The van der Waals surface area contributed by atoms with Crippen molar-refractivity contribution in [1.82, 2.24) is 9.88 Å². The Hall–Kier alpha value is -3.74. The molecule has 31 heavy (non-hydrogen) atoms. The summed E-state index contributed by atoms with van der Waals surface area (Å²) in [6.07, 6.45) is 4.96. The summed E-state index contributed by atoms with van der Waals surface area (Å²) >= 11 is 0. The van der Waals surface area contributed by atoms with Gasteiger partial charge < -0.3 is 9.73 Å². The van der Waals surface area contributed by atoms with Gasteiger partial charge in [-0.3, -0.25) is 19.3 Å². The zero-order chi connectivity index (χ0) is 21.1. The van der Waals surface area contributed by atoms with Gasteiger partial charge in [-0.1, -0.05) is 24.3 Å². The first-order valence-electron chi connectivity index (χ1n) is 10.4. The summed E-state index contributed by atoms with van der Waals surface area (Å²) in [6, 6.07) is 14.6. The second kappa shape index (κ2) is 6.63. The van der Waals surface area contributed by atoms with E-state index in [4.69, 9.17) is 4.42 Å². The lowest BCUT2D eigenvalue weighted by atomic mass is 9.85. The number of carbonyl (C=O) groups excluding carboxylic acids is 3. The minimum Gasteiger partial charge on any atom is -0.436 e. The van der Waals surface area contributed by atoms with Gasteiger partial charge in [-0.15, -0.1) is 0 Å². The maximum atomic E-state index is 12.7. The summed E-state index contributed by atoms with van der Waals surface area (Å²) in [5, 5.41) is 2.77. The van der Waals surface area contributed by atoms with Crippen LogP contribution in [-0.4, -0.2) is 34.2 Å². The molecule has 1 N–H and O–H groups in total. The fraction of sp³-hybridized carbons (Fsp3) is 0.250. The number of rotatable bonds is 4. The normalized spacial score (nSPS) is 26.1. The molecule has 2 aliphatic carbocycles. The van der Waals surface area contributed by atoms with Gasteiger partial charge in [-0.2, -0.15) is 0 Å². The van der Waals surface area contributed by atoms with Crippen molar-refractivity contribution in [2.45, 2.75) is 6.42 Å². The number of hydrogen-bond acceptors (Lipinski definition) is 5. The zero-order valence-electron chi connectivity index (χ0n) is 16.5. The molecule has 2 fully saturated rings. The van der Waals surface area contributed by atoms with Crippen molar-refractivity contribution in [3.8, 4) is 11.5 Å². The number of allylic oxidation sites excluding steroid dienone is 2. The molecule has 2 aromatic carbocycles. The van der Waals surface area contributed by atoms with Crippen LogP contribution in [0.15, 0.2) is 65.1 Å². The smallest absolute Gasteiger partial charge is 0.244 e. The van der Waals surface area contributed by atoms with Crippen LogP contribution in [0.1, 0.15) is 6.42 Å². The van der Waals surface area contributed by atoms with E-state index in [2.05, 4.69) is 10.3 Å². The number of oxazole rings is 1. The highest BCUT2D eigenvalue weighted by Gasteiger charge is 2.59. The predicted molar refractivity (Wildman–Crippen MR) is 113 cm³/mol. The number of nitrogens with one attached hydrogen (secondary N) is 1. The van der Waals surface area contributed by atoms with E-state index in [1.807, 2.05) is 36.4 Å². The first kappa shape index (κ1) is 18.1. The van der Waals surface area contributed by atoms with Gasteiger partial charge in [0.1, 0.15) is 12.1 Å². The van der Waals surface area contributed by atoms with Crippen molar-refractivity contribution in [3.63, 3.8) is 0 Å². The number of amides is 3. The molecule has 3 amide bonds. The fourth-order valence-electron chi connectivity index (χ4n) is 5.16. The van der Waals surface area contributed by atoms with Crippen LogP contribution in [0.5, 0.6) is 0 Å². The van der Waals surface area contributed by atoms with E-state index in [1.54, 1.807) is 24.3 Å². The number of para-hydroxylation sites is 2. The number of aromatic nitrogens is 1. The summed E-state index contributed by atoms with van der Waals surface area (Å²) < 4.78 is 5.76. The Labute approximate surface area is 177 Å². The summed E-state index contributed by atoms with van der Waals surface area (Å²) in [7, 11) is 0. The highest BCUT2D eigenvalue weighted by Crippen LogP contribution is 2.52. The van der Waals surface area contributed by atoms with Gasteiger partial charge >= 0.3 is 0 Å². The molecular formula is C24H19N3O4. The molecule has 6 rings (SSSR count). The molecule has 2 bridgehead atoms. The van der Waals surface area contributed by atoms with Gasteiger partial charge in [0.15, 0.2) is 5.58 Å². The Morgan fingerprint density at radius 2 is 1.68 bits per heavy atom. The second-order valence-corrected chi connectivity index (χ2v) is 8.37. The van der Waals surface area contributed by atoms with Crippen LogP contribution in [0.4, 0.5) is 5.69 Å². The molecule has 1 aromatic heterocycles. The van der Waals surface area contributed by atoms with Gasteiger partial charge in [0.05, 0.1) is 11.8 Å². The van der Waals surface area contributed by atoms with E-state index in [9.17, 15) is 14.4 Å². The standard InChI is InChI=1S/C24H19N3O4/c28-19(12-27-23(29)20-14-5-6-15(11-14)21(20)24(27)30)25-16-9-7-13(8-10-16)22-26-17-3-1-2-4-18(17)31-22/h1-10,14-15,20-21H,11-12H2,(H,25,28). The average molecular weight is 413 g/mol. The molecule has 154 valence electrons. The molecule has 2 heterocycles. The van der Waals surface area contributed by atoms with E-state index >= 15 is 0 Å². The first-order valence-corrected chi connectivity index (χ1v) is 10.4. The molecule has 1 aliphatic heterocycles. The van der Waals surface area contributed by atoms with Gasteiger partial charge in [-0.05, 0) is 54.7 Å². The molecule has 4 unspecified atom stereocenters. The van der Waals surface area contributed by atoms with Crippen LogP contribution < -0.4 is 5.32 Å². The molecule has 0 spiro atoms. The van der Waals surface area contributed by atoms with Gasteiger partial charge in [0, 0.05) is 11.3 Å². The van der Waals surface area contributed by atoms with Crippen LogP contribution >= 0.6 is 0 Å². The van der Waals surface area contributed by atoms with Gasteiger partial charge in [-0.25, -0.2) is 4.98 Å². The lowest BCUT2D eigenvalue weighted by Gasteiger charge is -2.16. The molecule has 0 radical (unpaired) electrons. The molecule has 4 atom stereocenters. The lowest BCUT2D eigenvalue weighted by Crippen LogP contribution is -2.39. The monoisotopic (exact) mass is 413 g/mol. The van der Waals surface area contributed by atoms with Crippen LogP contribution in [0.2, 0.25) is 0 Å². The van der Waals surface area contributed by atoms with Crippen molar-refractivity contribution in [2.24, 2.45) is 23.7 Å². The third kappa shape index (κ3) is 2.80. The summed E-state index contributed by atoms with van der Waals surface area (Å²) in [5.74, 6) is -0.616. The minimum absolute atomic E-state index is 0.138. The Morgan fingerprint density at radius 3 is 2.35 bits per heavy atom. The van der Waals surface area contributed by atoms with Crippen molar-refractivity contribution in [2.75, 3.05) is 11.9 Å². The molecular weight excluding hydrogens is 394 g/mol. The minimum atomic E-state index is -0.392. The maximum Gasteiger partial charge on any atom is 0.244 e. The number of benzene rings is 2. The lowest BCUT2D eigenvalue weighted by molar-refractivity contribution is -0.143. The molecule has 3 aromatic rings. The van der Waals surface area contributed by atoms with Crippen molar-refractivity contribution < 1.29 is 18.8 Å². The number of carbonyl (C=O) groups is 3. The number of likely N-dealkylation sites (tertiary alicyclic amines) is 1.